The molecule has 0 radical (unpaired) electrons. The minimum absolute atomic E-state index is 0.0348. The fourth-order valence-corrected chi connectivity index (χ4v) is 2.08. The maximum atomic E-state index is 10.4. The number of nitrogens with zero attached hydrogens (tertiary/aromatic N) is 1. The number of halogens is 1. The van der Waals surface area contributed by atoms with Gasteiger partial charge in [0.2, 0.25) is 0 Å². The van der Waals surface area contributed by atoms with E-state index in [2.05, 4.69) is 20.9 Å². The topological polar surface area (TPSA) is 63.3 Å². The molecule has 0 amide bonds. The van der Waals surface area contributed by atoms with Crippen molar-refractivity contribution in [3.8, 4) is 0 Å². The first-order valence-electron chi connectivity index (χ1n) is 4.83. The average molecular weight is 284 g/mol. The molecule has 1 heterocycles. The number of fused-ring (bicyclic) bond motifs is 1. The molecule has 1 aromatic heterocycles. The summed E-state index contributed by atoms with van der Waals surface area (Å²) in [5, 5.41) is 8.57. The van der Waals surface area contributed by atoms with Crippen LogP contribution in [0.25, 0.3) is 11.1 Å². The summed E-state index contributed by atoms with van der Waals surface area (Å²) in [4.78, 5) is 14.7. The van der Waals surface area contributed by atoms with E-state index in [9.17, 15) is 4.79 Å². The van der Waals surface area contributed by atoms with Crippen LogP contribution in [-0.2, 0) is 11.2 Å². The second kappa shape index (κ2) is 4.25. The van der Waals surface area contributed by atoms with Crippen LogP contribution in [0.15, 0.2) is 21.0 Å². The third kappa shape index (κ3) is 2.24. The van der Waals surface area contributed by atoms with Gasteiger partial charge in [-0.15, -0.1) is 0 Å². The van der Waals surface area contributed by atoms with Crippen LogP contribution in [-0.4, -0.2) is 16.1 Å². The SMILES string of the molecule is Cc1cc(Br)cc2nc(CCC(=O)O)oc12. The third-order valence-electron chi connectivity index (χ3n) is 2.24. The van der Waals surface area contributed by atoms with Crippen molar-refractivity contribution < 1.29 is 14.3 Å². The van der Waals surface area contributed by atoms with Crippen LogP contribution in [0.3, 0.4) is 0 Å². The van der Waals surface area contributed by atoms with Crippen molar-refractivity contribution in [3.05, 3.63) is 28.1 Å². The average Bonchev–Trinajstić information content (AvgIpc) is 2.57. The number of carbonyl (C=O) groups is 1. The third-order valence-corrected chi connectivity index (χ3v) is 2.70. The Bertz CT molecular complexity index is 547. The van der Waals surface area contributed by atoms with E-state index in [0.29, 0.717) is 12.3 Å². The molecule has 0 saturated carbocycles. The maximum Gasteiger partial charge on any atom is 0.303 e. The fourth-order valence-electron chi connectivity index (χ4n) is 1.52. The monoisotopic (exact) mass is 283 g/mol. The van der Waals surface area contributed by atoms with Gasteiger partial charge in [0, 0.05) is 10.9 Å². The molecule has 2 aromatic rings. The Hall–Kier alpha value is -1.36. The van der Waals surface area contributed by atoms with Crippen molar-refractivity contribution in [2.75, 3.05) is 0 Å². The largest absolute Gasteiger partial charge is 0.481 e. The Kier molecular flexibility index (Phi) is 2.96. The summed E-state index contributed by atoms with van der Waals surface area (Å²) in [5.74, 6) is -0.376. The molecule has 1 aromatic carbocycles. The number of aliphatic carboxylic acids is 1. The van der Waals surface area contributed by atoms with E-state index in [4.69, 9.17) is 9.52 Å². The second-order valence-corrected chi connectivity index (χ2v) is 4.49. The fraction of sp³-hybridized carbons (Fsp3) is 0.273. The van der Waals surface area contributed by atoms with Gasteiger partial charge in [-0.2, -0.15) is 0 Å². The molecule has 0 aliphatic carbocycles. The second-order valence-electron chi connectivity index (χ2n) is 3.57. The van der Waals surface area contributed by atoms with Crippen LogP contribution >= 0.6 is 15.9 Å². The molecule has 0 aliphatic heterocycles. The maximum absolute atomic E-state index is 10.4. The molecule has 2 rings (SSSR count). The molecule has 84 valence electrons. The molecule has 0 bridgehead atoms. The highest BCUT2D eigenvalue weighted by molar-refractivity contribution is 9.10. The molecule has 0 atom stereocenters. The summed E-state index contributed by atoms with van der Waals surface area (Å²) in [6, 6.07) is 3.80. The summed E-state index contributed by atoms with van der Waals surface area (Å²) in [6.07, 6.45) is 0.355. The van der Waals surface area contributed by atoms with Crippen LogP contribution < -0.4 is 0 Å². The number of carboxylic acid groups (broad SMARTS) is 1. The van der Waals surface area contributed by atoms with E-state index in [1.807, 2.05) is 19.1 Å². The molecule has 16 heavy (non-hydrogen) atoms. The smallest absolute Gasteiger partial charge is 0.303 e. The van der Waals surface area contributed by atoms with Gasteiger partial charge in [-0.05, 0) is 24.6 Å². The number of carboxylic acids is 1. The van der Waals surface area contributed by atoms with Crippen LogP contribution in [0.2, 0.25) is 0 Å². The van der Waals surface area contributed by atoms with Crippen molar-refractivity contribution in [3.63, 3.8) is 0 Å². The minimum Gasteiger partial charge on any atom is -0.481 e. The lowest BCUT2D eigenvalue weighted by Gasteiger charge is -1.93. The van der Waals surface area contributed by atoms with E-state index >= 15 is 0 Å². The lowest BCUT2D eigenvalue weighted by atomic mass is 10.2. The summed E-state index contributed by atoms with van der Waals surface area (Å²) in [6.45, 7) is 1.93. The zero-order chi connectivity index (χ0) is 11.7. The van der Waals surface area contributed by atoms with Gasteiger partial charge in [-0.3, -0.25) is 4.79 Å². The molecule has 4 nitrogen and oxygen atoms in total. The van der Waals surface area contributed by atoms with Gasteiger partial charge < -0.3 is 9.52 Å². The normalized spacial score (nSPS) is 10.9. The lowest BCUT2D eigenvalue weighted by molar-refractivity contribution is -0.137. The molecular weight excluding hydrogens is 274 g/mol. The van der Waals surface area contributed by atoms with E-state index < -0.39 is 5.97 Å². The van der Waals surface area contributed by atoms with Gasteiger partial charge in [0.1, 0.15) is 5.52 Å². The van der Waals surface area contributed by atoms with E-state index in [1.165, 1.54) is 0 Å². The Morgan fingerprint density at radius 1 is 1.56 bits per heavy atom. The van der Waals surface area contributed by atoms with Crippen molar-refractivity contribution in [2.24, 2.45) is 0 Å². The molecule has 0 saturated heterocycles. The highest BCUT2D eigenvalue weighted by Crippen LogP contribution is 2.24. The van der Waals surface area contributed by atoms with E-state index in [-0.39, 0.29) is 6.42 Å². The molecular formula is C11H10BrNO3. The van der Waals surface area contributed by atoms with Gasteiger partial charge >= 0.3 is 5.97 Å². The molecule has 5 heteroatoms. The first-order chi connectivity index (χ1) is 7.56. The van der Waals surface area contributed by atoms with Gasteiger partial charge in [0.15, 0.2) is 11.5 Å². The number of hydrogen-bond acceptors (Lipinski definition) is 3. The molecule has 0 aliphatic rings. The van der Waals surface area contributed by atoms with Gasteiger partial charge in [0.05, 0.1) is 6.42 Å². The highest BCUT2D eigenvalue weighted by Gasteiger charge is 2.10. The Balaban J connectivity index is 2.36. The Labute approximate surface area is 100 Å². The van der Waals surface area contributed by atoms with Crippen molar-refractivity contribution >= 4 is 33.0 Å². The molecule has 0 fully saturated rings. The minimum atomic E-state index is -0.847. The van der Waals surface area contributed by atoms with Crippen LogP contribution in [0.1, 0.15) is 17.9 Å². The summed E-state index contributed by atoms with van der Waals surface area (Å²) >= 11 is 3.38. The van der Waals surface area contributed by atoms with Crippen LogP contribution in [0.5, 0.6) is 0 Å². The number of benzene rings is 1. The van der Waals surface area contributed by atoms with E-state index in [0.717, 1.165) is 21.1 Å². The zero-order valence-electron chi connectivity index (χ0n) is 8.66. The number of rotatable bonds is 3. The lowest BCUT2D eigenvalue weighted by Crippen LogP contribution is -1.97. The van der Waals surface area contributed by atoms with Crippen molar-refractivity contribution in [1.29, 1.82) is 0 Å². The number of aryl methyl sites for hydroxylation is 2. The van der Waals surface area contributed by atoms with Gasteiger partial charge in [-0.25, -0.2) is 4.98 Å². The molecule has 0 spiro atoms. The Morgan fingerprint density at radius 2 is 2.31 bits per heavy atom. The molecule has 0 unspecified atom stereocenters. The number of oxazole rings is 1. The van der Waals surface area contributed by atoms with Crippen LogP contribution in [0.4, 0.5) is 0 Å². The van der Waals surface area contributed by atoms with Crippen molar-refractivity contribution in [2.45, 2.75) is 19.8 Å². The Morgan fingerprint density at radius 3 is 3.00 bits per heavy atom. The highest BCUT2D eigenvalue weighted by atomic mass is 79.9. The van der Waals surface area contributed by atoms with Gasteiger partial charge in [0.25, 0.3) is 0 Å². The standard InChI is InChI=1S/C11H10BrNO3/c1-6-4-7(12)5-8-11(6)16-9(13-8)2-3-10(14)15/h4-5H,2-3H2,1H3,(H,14,15). The predicted molar refractivity (Wildman–Crippen MR) is 62.4 cm³/mol. The summed E-state index contributed by atoms with van der Waals surface area (Å²) in [7, 11) is 0. The number of hydrogen-bond donors (Lipinski definition) is 1. The first kappa shape index (κ1) is 11.1. The predicted octanol–water partition coefficient (Wildman–Crippen LogP) is 2.92. The quantitative estimate of drug-likeness (QED) is 0.941. The summed E-state index contributed by atoms with van der Waals surface area (Å²) in [5.41, 5.74) is 2.47. The van der Waals surface area contributed by atoms with E-state index in [1.54, 1.807) is 0 Å². The van der Waals surface area contributed by atoms with Crippen LogP contribution in [0, 0.1) is 6.92 Å². The summed E-state index contributed by atoms with van der Waals surface area (Å²) < 4.78 is 6.45. The first-order valence-corrected chi connectivity index (χ1v) is 5.63. The van der Waals surface area contributed by atoms with Crippen molar-refractivity contribution in [1.82, 2.24) is 4.98 Å². The zero-order valence-corrected chi connectivity index (χ0v) is 10.2. The van der Waals surface area contributed by atoms with Gasteiger partial charge in [-0.1, -0.05) is 15.9 Å². The molecule has 1 N–H and O–H groups in total. The number of aromatic nitrogens is 1.